The van der Waals surface area contributed by atoms with Gasteiger partial charge in [-0.3, -0.25) is 4.79 Å². The first kappa shape index (κ1) is 14.4. The molecule has 1 amide bonds. The Balaban J connectivity index is 2.31. The van der Waals surface area contributed by atoms with Crippen LogP contribution in [0, 0.1) is 11.6 Å². The lowest BCUT2D eigenvalue weighted by atomic mass is 10.1. The zero-order chi connectivity index (χ0) is 14.9. The number of aliphatic hydroxyl groups excluding tert-OH is 1. The van der Waals surface area contributed by atoms with Crippen LogP contribution in [0.1, 0.15) is 16.8 Å². The summed E-state index contributed by atoms with van der Waals surface area (Å²) in [5.74, 6) is -3.98. The Hall–Kier alpha value is -2.02. The number of hydrogen-bond acceptors (Lipinski definition) is 4. The van der Waals surface area contributed by atoms with Crippen LogP contribution in [0.4, 0.5) is 8.78 Å². The van der Waals surface area contributed by atoms with E-state index in [-0.39, 0.29) is 13.0 Å². The van der Waals surface area contributed by atoms with Crippen molar-refractivity contribution in [1.82, 2.24) is 4.90 Å². The summed E-state index contributed by atoms with van der Waals surface area (Å²) in [4.78, 5) is 24.8. The second-order valence-electron chi connectivity index (χ2n) is 4.49. The fourth-order valence-corrected chi connectivity index (χ4v) is 2.22. The molecule has 5 nitrogen and oxygen atoms in total. The smallest absolute Gasteiger partial charge is 0.328 e. The molecule has 2 rings (SSSR count). The van der Waals surface area contributed by atoms with Gasteiger partial charge in [0.2, 0.25) is 0 Å². The molecule has 7 heteroatoms. The summed E-state index contributed by atoms with van der Waals surface area (Å²) in [5, 5.41) is 9.56. The third kappa shape index (κ3) is 2.49. The summed E-state index contributed by atoms with van der Waals surface area (Å²) in [6, 6.07) is 2.22. The van der Waals surface area contributed by atoms with Crippen LogP contribution in [0.25, 0.3) is 0 Å². The monoisotopic (exact) mass is 285 g/mol. The van der Waals surface area contributed by atoms with Crippen LogP contribution < -0.4 is 0 Å². The van der Waals surface area contributed by atoms with E-state index < -0.39 is 41.2 Å². The minimum Gasteiger partial charge on any atom is -0.467 e. The topological polar surface area (TPSA) is 66.8 Å². The quantitative estimate of drug-likeness (QED) is 0.813. The molecule has 0 bridgehead atoms. The summed E-state index contributed by atoms with van der Waals surface area (Å²) < 4.78 is 31.3. The number of aliphatic hydroxyl groups is 1. The van der Waals surface area contributed by atoms with Gasteiger partial charge in [-0.1, -0.05) is 6.07 Å². The Morgan fingerprint density at radius 3 is 2.75 bits per heavy atom. The molecule has 0 aromatic heterocycles. The van der Waals surface area contributed by atoms with Crippen LogP contribution in [0.3, 0.4) is 0 Å². The van der Waals surface area contributed by atoms with Gasteiger partial charge in [0.15, 0.2) is 11.6 Å². The maximum Gasteiger partial charge on any atom is 0.328 e. The van der Waals surface area contributed by atoms with Crippen molar-refractivity contribution in [2.24, 2.45) is 0 Å². The average Bonchev–Trinajstić information content (AvgIpc) is 2.82. The van der Waals surface area contributed by atoms with Gasteiger partial charge in [0.25, 0.3) is 5.91 Å². The van der Waals surface area contributed by atoms with Crippen LogP contribution in [0.2, 0.25) is 0 Å². The van der Waals surface area contributed by atoms with E-state index in [1.54, 1.807) is 0 Å². The number of rotatable bonds is 2. The Bertz CT molecular complexity index is 549. The van der Waals surface area contributed by atoms with E-state index in [2.05, 4.69) is 4.74 Å². The number of likely N-dealkylation sites (tertiary alicyclic amines) is 1. The van der Waals surface area contributed by atoms with Crippen LogP contribution >= 0.6 is 0 Å². The van der Waals surface area contributed by atoms with Crippen molar-refractivity contribution in [3.8, 4) is 0 Å². The lowest BCUT2D eigenvalue weighted by Gasteiger charge is -2.22. The van der Waals surface area contributed by atoms with E-state index in [0.717, 1.165) is 24.1 Å². The highest BCUT2D eigenvalue weighted by Gasteiger charge is 2.40. The van der Waals surface area contributed by atoms with E-state index >= 15 is 0 Å². The van der Waals surface area contributed by atoms with Crippen molar-refractivity contribution in [3.63, 3.8) is 0 Å². The summed E-state index contributed by atoms with van der Waals surface area (Å²) in [6.07, 6.45) is -0.894. The van der Waals surface area contributed by atoms with Gasteiger partial charge in [-0.05, 0) is 12.1 Å². The van der Waals surface area contributed by atoms with Crippen molar-refractivity contribution in [2.75, 3.05) is 13.7 Å². The molecular weight excluding hydrogens is 272 g/mol. The Labute approximate surface area is 113 Å². The molecule has 1 aliphatic heterocycles. The van der Waals surface area contributed by atoms with Gasteiger partial charge in [-0.2, -0.15) is 0 Å². The summed E-state index contributed by atoms with van der Waals surface area (Å²) in [7, 11) is 1.15. The molecule has 2 unspecified atom stereocenters. The van der Waals surface area contributed by atoms with Gasteiger partial charge in [0.1, 0.15) is 6.04 Å². The summed E-state index contributed by atoms with van der Waals surface area (Å²) in [5.41, 5.74) is -0.479. The van der Waals surface area contributed by atoms with Gasteiger partial charge in [0, 0.05) is 13.0 Å². The highest BCUT2D eigenvalue weighted by atomic mass is 19.2. The molecule has 0 spiro atoms. The molecule has 1 aliphatic rings. The largest absolute Gasteiger partial charge is 0.467 e. The third-order valence-electron chi connectivity index (χ3n) is 3.20. The lowest BCUT2D eigenvalue weighted by Crippen LogP contribution is -2.41. The minimum atomic E-state index is -1.28. The first-order valence-corrected chi connectivity index (χ1v) is 5.96. The van der Waals surface area contributed by atoms with Gasteiger partial charge in [-0.15, -0.1) is 0 Å². The highest BCUT2D eigenvalue weighted by molar-refractivity contribution is 5.97. The Morgan fingerprint density at radius 1 is 1.40 bits per heavy atom. The summed E-state index contributed by atoms with van der Waals surface area (Å²) >= 11 is 0. The highest BCUT2D eigenvalue weighted by Crippen LogP contribution is 2.23. The van der Waals surface area contributed by atoms with Gasteiger partial charge in [-0.25, -0.2) is 13.6 Å². The van der Waals surface area contributed by atoms with Crippen molar-refractivity contribution >= 4 is 11.9 Å². The van der Waals surface area contributed by atoms with E-state index in [0.29, 0.717) is 0 Å². The zero-order valence-corrected chi connectivity index (χ0v) is 10.7. The molecule has 1 fully saturated rings. The van der Waals surface area contributed by atoms with E-state index in [1.807, 2.05) is 0 Å². The van der Waals surface area contributed by atoms with Crippen LogP contribution in [-0.4, -0.2) is 47.7 Å². The molecule has 108 valence electrons. The Morgan fingerprint density at radius 2 is 2.10 bits per heavy atom. The van der Waals surface area contributed by atoms with Gasteiger partial charge >= 0.3 is 5.97 Å². The first-order valence-electron chi connectivity index (χ1n) is 5.96. The van der Waals surface area contributed by atoms with Crippen LogP contribution in [0.15, 0.2) is 18.2 Å². The normalized spacial score (nSPS) is 21.9. The molecule has 1 heterocycles. The van der Waals surface area contributed by atoms with Crippen molar-refractivity contribution < 1.29 is 28.2 Å². The number of methoxy groups -OCH3 is 1. The molecule has 0 saturated carbocycles. The van der Waals surface area contributed by atoms with Gasteiger partial charge < -0.3 is 14.7 Å². The number of ether oxygens (including phenoxy) is 1. The van der Waals surface area contributed by atoms with E-state index in [4.69, 9.17) is 0 Å². The molecule has 1 aromatic rings. The maximum absolute atomic E-state index is 13.6. The van der Waals surface area contributed by atoms with Crippen molar-refractivity contribution in [1.29, 1.82) is 0 Å². The SMILES string of the molecule is COC(=O)C1CC(O)CN1C(=O)c1cccc(F)c1F. The lowest BCUT2D eigenvalue weighted by molar-refractivity contribution is -0.145. The fraction of sp³-hybridized carbons (Fsp3) is 0.385. The second-order valence-corrected chi connectivity index (χ2v) is 4.49. The predicted octanol–water partition coefficient (Wildman–Crippen LogP) is 0.713. The van der Waals surface area contributed by atoms with Gasteiger partial charge in [0.05, 0.1) is 18.8 Å². The van der Waals surface area contributed by atoms with Crippen molar-refractivity contribution in [2.45, 2.75) is 18.6 Å². The molecule has 1 N–H and O–H groups in total. The number of carbonyl (C=O) groups excluding carboxylic acids is 2. The standard InChI is InChI=1S/C13H13F2NO4/c1-20-13(19)10-5-7(17)6-16(10)12(18)8-3-2-4-9(14)11(8)15/h2-4,7,10,17H,5-6H2,1H3. The predicted molar refractivity (Wildman–Crippen MR) is 63.8 cm³/mol. The summed E-state index contributed by atoms with van der Waals surface area (Å²) in [6.45, 7) is -0.130. The van der Waals surface area contributed by atoms with E-state index in [9.17, 15) is 23.5 Å². The Kier molecular flexibility index (Phi) is 3.99. The number of carbonyl (C=O) groups is 2. The average molecular weight is 285 g/mol. The third-order valence-corrected chi connectivity index (χ3v) is 3.20. The number of β-amino-alcohol motifs (C(OH)–C–C–N with tert-alkyl or cyclic N) is 1. The molecule has 0 radical (unpaired) electrons. The minimum absolute atomic E-state index is 0.00927. The number of nitrogens with zero attached hydrogens (tertiary/aromatic N) is 1. The van der Waals surface area contributed by atoms with E-state index in [1.165, 1.54) is 6.07 Å². The maximum atomic E-state index is 13.6. The molecule has 20 heavy (non-hydrogen) atoms. The molecule has 1 saturated heterocycles. The number of halogens is 2. The zero-order valence-electron chi connectivity index (χ0n) is 10.7. The van der Waals surface area contributed by atoms with Crippen molar-refractivity contribution in [3.05, 3.63) is 35.4 Å². The second kappa shape index (κ2) is 5.54. The fourth-order valence-electron chi connectivity index (χ4n) is 2.22. The van der Waals surface area contributed by atoms with Crippen LogP contribution in [0.5, 0.6) is 0 Å². The molecular formula is C13H13F2NO4. The number of amides is 1. The molecule has 2 atom stereocenters. The number of esters is 1. The van der Waals surface area contributed by atoms with Crippen LogP contribution in [-0.2, 0) is 9.53 Å². The molecule has 0 aliphatic carbocycles. The number of benzene rings is 1. The number of hydrogen-bond donors (Lipinski definition) is 1. The molecule has 1 aromatic carbocycles. The first-order chi connectivity index (χ1) is 9.45.